The summed E-state index contributed by atoms with van der Waals surface area (Å²) in [6, 6.07) is 12.2. The summed E-state index contributed by atoms with van der Waals surface area (Å²) in [5.74, 6) is -0.325. The molecule has 3 aromatic rings. The fraction of sp³-hybridized carbons (Fsp3) is 0.263. The fourth-order valence-corrected chi connectivity index (χ4v) is 4.54. The van der Waals surface area contributed by atoms with Crippen molar-refractivity contribution in [2.45, 2.75) is 18.4 Å². The van der Waals surface area contributed by atoms with Gasteiger partial charge < -0.3 is 9.30 Å². The maximum atomic E-state index is 12.7. The first-order valence-electron chi connectivity index (χ1n) is 8.28. The molecule has 0 fully saturated rings. The van der Waals surface area contributed by atoms with Gasteiger partial charge in [-0.15, -0.1) is 0 Å². The van der Waals surface area contributed by atoms with Crippen molar-refractivity contribution in [1.29, 1.82) is 0 Å². The van der Waals surface area contributed by atoms with Crippen LogP contribution in [-0.4, -0.2) is 38.9 Å². The van der Waals surface area contributed by atoms with Gasteiger partial charge in [-0.1, -0.05) is 29.5 Å². The van der Waals surface area contributed by atoms with Crippen molar-refractivity contribution in [2.24, 2.45) is 4.99 Å². The van der Waals surface area contributed by atoms with Crippen LogP contribution in [0.15, 0.2) is 52.4 Å². The van der Waals surface area contributed by atoms with E-state index in [4.69, 9.17) is 4.74 Å². The average molecular weight is 405 g/mol. The Morgan fingerprint density at radius 2 is 1.96 bits per heavy atom. The first-order valence-corrected chi connectivity index (χ1v) is 11.0. The van der Waals surface area contributed by atoms with Gasteiger partial charge in [0.15, 0.2) is 14.6 Å². The van der Waals surface area contributed by atoms with E-state index in [9.17, 15) is 13.2 Å². The lowest BCUT2D eigenvalue weighted by Crippen LogP contribution is -2.19. The second-order valence-electron chi connectivity index (χ2n) is 6.16. The average Bonchev–Trinajstić information content (AvgIpc) is 2.95. The number of carbonyl (C=O) groups excluding carboxylic acids is 1. The molecular weight excluding hydrogens is 384 g/mol. The monoisotopic (exact) mass is 404 g/mol. The van der Waals surface area contributed by atoms with Crippen molar-refractivity contribution in [2.75, 3.05) is 20.0 Å². The van der Waals surface area contributed by atoms with Crippen LogP contribution in [0.1, 0.15) is 15.9 Å². The van der Waals surface area contributed by atoms with Gasteiger partial charge in [-0.05, 0) is 36.8 Å². The molecule has 0 bridgehead atoms. The van der Waals surface area contributed by atoms with Crippen LogP contribution in [0, 0.1) is 6.92 Å². The topological polar surface area (TPSA) is 77.7 Å². The zero-order valence-corrected chi connectivity index (χ0v) is 16.9. The zero-order valence-electron chi connectivity index (χ0n) is 15.3. The molecule has 8 heteroatoms. The molecule has 2 aromatic carbocycles. The number of sulfone groups is 1. The molecule has 3 rings (SSSR count). The molecule has 0 aliphatic carbocycles. The van der Waals surface area contributed by atoms with Crippen molar-refractivity contribution in [3.63, 3.8) is 0 Å². The molecule has 0 N–H and O–H groups in total. The van der Waals surface area contributed by atoms with Crippen molar-refractivity contribution in [1.82, 2.24) is 4.57 Å². The maximum absolute atomic E-state index is 12.7. The van der Waals surface area contributed by atoms with E-state index >= 15 is 0 Å². The van der Waals surface area contributed by atoms with E-state index in [2.05, 4.69) is 4.99 Å². The summed E-state index contributed by atoms with van der Waals surface area (Å²) in [4.78, 5) is 17.7. The molecule has 1 heterocycles. The Labute approximate surface area is 161 Å². The standard InChI is InChI=1S/C19H20N2O4S2/c1-13-6-4-5-7-15(13)18(22)20-19-21(10-11-25-2)16-9-8-14(27(3,23)24)12-17(16)26-19/h4-9,12H,10-11H2,1-3H3. The van der Waals surface area contributed by atoms with Gasteiger partial charge >= 0.3 is 0 Å². The second kappa shape index (κ2) is 7.75. The zero-order chi connectivity index (χ0) is 19.6. The van der Waals surface area contributed by atoms with Crippen LogP contribution in [0.4, 0.5) is 0 Å². The molecule has 1 amide bonds. The number of hydrogen-bond acceptors (Lipinski definition) is 5. The van der Waals surface area contributed by atoms with E-state index in [0.717, 1.165) is 15.8 Å². The van der Waals surface area contributed by atoms with Crippen LogP contribution < -0.4 is 4.80 Å². The number of hydrogen-bond donors (Lipinski definition) is 0. The number of benzene rings is 2. The molecule has 0 unspecified atom stereocenters. The predicted octanol–water partition coefficient (Wildman–Crippen LogP) is 2.80. The van der Waals surface area contributed by atoms with Gasteiger partial charge in [0.1, 0.15) is 0 Å². The molecule has 27 heavy (non-hydrogen) atoms. The first-order chi connectivity index (χ1) is 12.8. The normalized spacial score (nSPS) is 12.6. The van der Waals surface area contributed by atoms with Crippen molar-refractivity contribution in [3.05, 3.63) is 58.4 Å². The highest BCUT2D eigenvalue weighted by atomic mass is 32.2. The number of thiazole rings is 1. The van der Waals surface area contributed by atoms with Crippen LogP contribution in [-0.2, 0) is 21.1 Å². The van der Waals surface area contributed by atoms with Gasteiger partial charge in [-0.3, -0.25) is 4.79 Å². The Morgan fingerprint density at radius 3 is 2.63 bits per heavy atom. The Hall–Kier alpha value is -2.29. The van der Waals surface area contributed by atoms with E-state index in [-0.39, 0.29) is 10.8 Å². The summed E-state index contributed by atoms with van der Waals surface area (Å²) < 4.78 is 31.5. The van der Waals surface area contributed by atoms with Crippen LogP contribution in [0.5, 0.6) is 0 Å². The molecule has 0 spiro atoms. The first kappa shape index (κ1) is 19.5. The number of rotatable bonds is 5. The molecule has 1 aromatic heterocycles. The van der Waals surface area contributed by atoms with Crippen molar-refractivity contribution >= 4 is 37.3 Å². The Balaban J connectivity index is 2.18. The summed E-state index contributed by atoms with van der Waals surface area (Å²) >= 11 is 1.29. The number of amides is 1. The molecule has 6 nitrogen and oxygen atoms in total. The third kappa shape index (κ3) is 4.18. The predicted molar refractivity (Wildman–Crippen MR) is 106 cm³/mol. The third-order valence-corrected chi connectivity index (χ3v) is 6.33. The number of aryl methyl sites for hydroxylation is 1. The van der Waals surface area contributed by atoms with Gasteiger partial charge in [-0.25, -0.2) is 8.42 Å². The van der Waals surface area contributed by atoms with Crippen LogP contribution in [0.3, 0.4) is 0 Å². The minimum Gasteiger partial charge on any atom is -0.383 e. The van der Waals surface area contributed by atoms with Gasteiger partial charge in [0.05, 0.1) is 21.7 Å². The van der Waals surface area contributed by atoms with Gasteiger partial charge in [0.2, 0.25) is 0 Å². The summed E-state index contributed by atoms with van der Waals surface area (Å²) in [6.45, 7) is 2.82. The van der Waals surface area contributed by atoms with Crippen molar-refractivity contribution in [3.8, 4) is 0 Å². The molecule has 0 saturated carbocycles. The van der Waals surface area contributed by atoms with E-state index in [1.165, 1.54) is 17.6 Å². The Bertz CT molecular complexity index is 1170. The Morgan fingerprint density at radius 1 is 1.22 bits per heavy atom. The number of methoxy groups -OCH3 is 1. The molecular formula is C19H20N2O4S2. The fourth-order valence-electron chi connectivity index (χ4n) is 2.73. The number of ether oxygens (including phenoxy) is 1. The van der Waals surface area contributed by atoms with E-state index < -0.39 is 9.84 Å². The summed E-state index contributed by atoms with van der Waals surface area (Å²) in [5, 5.41) is 0. The molecule has 0 saturated heterocycles. The quantitative estimate of drug-likeness (QED) is 0.655. The highest BCUT2D eigenvalue weighted by Gasteiger charge is 2.14. The highest BCUT2D eigenvalue weighted by molar-refractivity contribution is 7.90. The minimum atomic E-state index is -3.31. The number of nitrogens with zero attached hydrogens (tertiary/aromatic N) is 2. The van der Waals surface area contributed by atoms with Gasteiger partial charge in [0, 0.05) is 25.5 Å². The number of carbonyl (C=O) groups is 1. The highest BCUT2D eigenvalue weighted by Crippen LogP contribution is 2.22. The van der Waals surface area contributed by atoms with Crippen molar-refractivity contribution < 1.29 is 17.9 Å². The largest absolute Gasteiger partial charge is 0.383 e. The smallest absolute Gasteiger partial charge is 0.279 e. The molecule has 0 aliphatic rings. The Kier molecular flexibility index (Phi) is 5.59. The van der Waals surface area contributed by atoms with Gasteiger partial charge in [0.25, 0.3) is 5.91 Å². The minimum absolute atomic E-state index is 0.243. The van der Waals surface area contributed by atoms with Crippen LogP contribution in [0.25, 0.3) is 10.2 Å². The van der Waals surface area contributed by atoms with E-state index in [0.29, 0.717) is 23.5 Å². The molecule has 0 atom stereocenters. The van der Waals surface area contributed by atoms with Gasteiger partial charge in [-0.2, -0.15) is 4.99 Å². The molecule has 0 radical (unpaired) electrons. The number of aromatic nitrogens is 1. The molecule has 142 valence electrons. The summed E-state index contributed by atoms with van der Waals surface area (Å²) in [5.41, 5.74) is 2.22. The summed E-state index contributed by atoms with van der Waals surface area (Å²) in [6.07, 6.45) is 1.17. The third-order valence-electron chi connectivity index (χ3n) is 4.17. The second-order valence-corrected chi connectivity index (χ2v) is 9.19. The maximum Gasteiger partial charge on any atom is 0.279 e. The van der Waals surface area contributed by atoms with E-state index in [1.807, 2.05) is 23.6 Å². The van der Waals surface area contributed by atoms with Crippen LogP contribution in [0.2, 0.25) is 0 Å². The SMILES string of the molecule is COCCn1c(=NC(=O)c2ccccc2C)sc2cc(S(C)(=O)=O)ccc21. The lowest BCUT2D eigenvalue weighted by atomic mass is 10.1. The van der Waals surface area contributed by atoms with Crippen LogP contribution >= 0.6 is 11.3 Å². The van der Waals surface area contributed by atoms with E-state index in [1.54, 1.807) is 37.4 Å². The molecule has 0 aliphatic heterocycles. The summed E-state index contributed by atoms with van der Waals surface area (Å²) in [7, 11) is -1.71. The lowest BCUT2D eigenvalue weighted by molar-refractivity contribution is 0.0996. The lowest BCUT2D eigenvalue weighted by Gasteiger charge is -2.05. The number of fused-ring (bicyclic) bond motifs is 1.